The molecule has 1 fully saturated rings. The number of sulfonamides is 1. The van der Waals surface area contributed by atoms with Crippen molar-refractivity contribution >= 4 is 27.3 Å². The highest BCUT2D eigenvalue weighted by molar-refractivity contribution is 7.92. The zero-order valence-electron chi connectivity index (χ0n) is 14.9. The lowest BCUT2D eigenvalue weighted by atomic mass is 10.2. The smallest absolute Gasteiger partial charge is 0.253 e. The van der Waals surface area contributed by atoms with E-state index in [4.69, 9.17) is 9.47 Å². The third-order valence-electron chi connectivity index (χ3n) is 4.06. The summed E-state index contributed by atoms with van der Waals surface area (Å²) in [7, 11) is -3.33. The van der Waals surface area contributed by atoms with Gasteiger partial charge < -0.3 is 14.8 Å². The molecule has 1 aromatic rings. The molecule has 0 radical (unpaired) electrons. The van der Waals surface area contributed by atoms with E-state index in [-0.39, 0.29) is 17.8 Å². The maximum Gasteiger partial charge on any atom is 0.253 e. The second-order valence-corrected chi connectivity index (χ2v) is 8.15. The largest absolute Gasteiger partial charge is 0.376 e. The SMILES string of the molecule is CCS(=O)(=O)Nc1ccc(NC(=O)C(C)OCC2CCCO2)cc1C. The molecule has 8 heteroatoms. The van der Waals surface area contributed by atoms with Gasteiger partial charge in [-0.2, -0.15) is 0 Å². The van der Waals surface area contributed by atoms with Crippen molar-refractivity contribution in [1.29, 1.82) is 0 Å². The highest BCUT2D eigenvalue weighted by Crippen LogP contribution is 2.21. The third-order valence-corrected chi connectivity index (χ3v) is 5.36. The summed E-state index contributed by atoms with van der Waals surface area (Å²) in [4.78, 5) is 12.2. The van der Waals surface area contributed by atoms with E-state index in [1.54, 1.807) is 39.0 Å². The van der Waals surface area contributed by atoms with E-state index in [2.05, 4.69) is 10.0 Å². The maximum atomic E-state index is 12.2. The van der Waals surface area contributed by atoms with Gasteiger partial charge in [-0.1, -0.05) is 0 Å². The predicted molar refractivity (Wildman–Crippen MR) is 97.3 cm³/mol. The quantitative estimate of drug-likeness (QED) is 0.732. The van der Waals surface area contributed by atoms with Crippen LogP contribution in [0.5, 0.6) is 0 Å². The van der Waals surface area contributed by atoms with Crippen molar-refractivity contribution < 1.29 is 22.7 Å². The molecule has 2 unspecified atom stereocenters. The zero-order chi connectivity index (χ0) is 18.4. The van der Waals surface area contributed by atoms with Crippen LogP contribution in [0, 0.1) is 6.92 Å². The van der Waals surface area contributed by atoms with Gasteiger partial charge in [0.05, 0.1) is 24.2 Å². The molecule has 0 aromatic heterocycles. The molecule has 2 N–H and O–H groups in total. The fraction of sp³-hybridized carbons (Fsp3) is 0.588. The Morgan fingerprint density at radius 1 is 1.44 bits per heavy atom. The number of anilines is 2. The second kappa shape index (κ2) is 8.64. The van der Waals surface area contributed by atoms with Gasteiger partial charge in [0, 0.05) is 12.3 Å². The minimum Gasteiger partial charge on any atom is -0.376 e. The molecule has 1 heterocycles. The Kier molecular flexibility index (Phi) is 6.80. The maximum absolute atomic E-state index is 12.2. The van der Waals surface area contributed by atoms with E-state index in [0.29, 0.717) is 18.0 Å². The first kappa shape index (κ1) is 19.7. The first-order valence-corrected chi connectivity index (χ1v) is 10.1. The fourth-order valence-electron chi connectivity index (χ4n) is 2.44. The van der Waals surface area contributed by atoms with E-state index in [1.807, 2.05) is 0 Å². The summed E-state index contributed by atoms with van der Waals surface area (Å²) in [6.07, 6.45) is 1.47. The average Bonchev–Trinajstić information content (AvgIpc) is 3.08. The Morgan fingerprint density at radius 3 is 2.80 bits per heavy atom. The number of carbonyl (C=O) groups excluding carboxylic acids is 1. The van der Waals surface area contributed by atoms with Crippen LogP contribution in [0.2, 0.25) is 0 Å². The Morgan fingerprint density at radius 2 is 2.20 bits per heavy atom. The van der Waals surface area contributed by atoms with Gasteiger partial charge in [-0.3, -0.25) is 9.52 Å². The van der Waals surface area contributed by atoms with Crippen LogP contribution in [-0.4, -0.2) is 45.5 Å². The molecule has 140 valence electrons. The van der Waals surface area contributed by atoms with Gasteiger partial charge in [0.2, 0.25) is 10.0 Å². The lowest BCUT2D eigenvalue weighted by Crippen LogP contribution is -2.30. The minimum absolute atomic E-state index is 0.00445. The van der Waals surface area contributed by atoms with E-state index in [9.17, 15) is 13.2 Å². The predicted octanol–water partition coefficient (Wildman–Crippen LogP) is 2.28. The standard InChI is InChI=1S/C17H26N2O5S/c1-4-25(21,22)19-16-8-7-14(10-12(16)2)18-17(20)13(3)24-11-15-6-5-9-23-15/h7-8,10,13,15,19H,4-6,9,11H2,1-3H3,(H,18,20). The van der Waals surface area contributed by atoms with Crippen molar-refractivity contribution in [3.05, 3.63) is 23.8 Å². The molecule has 1 aromatic carbocycles. The number of hydrogen-bond acceptors (Lipinski definition) is 5. The van der Waals surface area contributed by atoms with Crippen molar-refractivity contribution in [2.45, 2.75) is 45.8 Å². The number of nitrogens with one attached hydrogen (secondary N) is 2. The van der Waals surface area contributed by atoms with Gasteiger partial charge in [-0.15, -0.1) is 0 Å². The summed E-state index contributed by atoms with van der Waals surface area (Å²) >= 11 is 0. The number of amides is 1. The Labute approximate surface area is 149 Å². The molecule has 2 atom stereocenters. The molecule has 1 saturated heterocycles. The minimum atomic E-state index is -3.33. The highest BCUT2D eigenvalue weighted by Gasteiger charge is 2.20. The molecule has 1 aliphatic rings. The molecule has 7 nitrogen and oxygen atoms in total. The third kappa shape index (κ3) is 5.98. The van der Waals surface area contributed by atoms with Gasteiger partial charge in [0.25, 0.3) is 5.91 Å². The van der Waals surface area contributed by atoms with Gasteiger partial charge in [-0.05, 0) is 57.4 Å². The molecular formula is C17H26N2O5S. The zero-order valence-corrected chi connectivity index (χ0v) is 15.7. The van der Waals surface area contributed by atoms with Crippen LogP contribution < -0.4 is 10.0 Å². The molecular weight excluding hydrogens is 344 g/mol. The number of benzene rings is 1. The number of carbonyl (C=O) groups is 1. The van der Waals surface area contributed by atoms with E-state index in [0.717, 1.165) is 25.0 Å². The number of ether oxygens (including phenoxy) is 2. The van der Waals surface area contributed by atoms with Crippen molar-refractivity contribution in [2.24, 2.45) is 0 Å². The normalized spacial score (nSPS) is 18.8. The Bertz CT molecular complexity index is 699. The summed E-state index contributed by atoms with van der Waals surface area (Å²) in [5.74, 6) is -0.246. The van der Waals surface area contributed by atoms with Crippen LogP contribution in [0.15, 0.2) is 18.2 Å². The molecule has 0 spiro atoms. The molecule has 1 amide bonds. The van der Waals surface area contributed by atoms with Crippen LogP contribution in [0.4, 0.5) is 11.4 Å². The van der Waals surface area contributed by atoms with Crippen LogP contribution in [-0.2, 0) is 24.3 Å². The monoisotopic (exact) mass is 370 g/mol. The Hall–Kier alpha value is -1.64. The lowest BCUT2D eigenvalue weighted by Gasteiger charge is -2.17. The second-order valence-electron chi connectivity index (χ2n) is 6.14. The van der Waals surface area contributed by atoms with E-state index >= 15 is 0 Å². The topological polar surface area (TPSA) is 93.7 Å². The lowest BCUT2D eigenvalue weighted by molar-refractivity contribution is -0.128. The van der Waals surface area contributed by atoms with Crippen molar-refractivity contribution in [1.82, 2.24) is 0 Å². The number of hydrogen-bond donors (Lipinski definition) is 2. The van der Waals surface area contributed by atoms with Crippen LogP contribution in [0.25, 0.3) is 0 Å². The van der Waals surface area contributed by atoms with Crippen LogP contribution in [0.1, 0.15) is 32.3 Å². The first-order chi connectivity index (χ1) is 11.8. The van der Waals surface area contributed by atoms with Gasteiger partial charge >= 0.3 is 0 Å². The van der Waals surface area contributed by atoms with Crippen LogP contribution >= 0.6 is 0 Å². The Balaban J connectivity index is 1.90. The summed E-state index contributed by atoms with van der Waals surface area (Å²) in [5.41, 5.74) is 1.82. The highest BCUT2D eigenvalue weighted by atomic mass is 32.2. The van der Waals surface area contributed by atoms with Crippen molar-refractivity contribution in [3.8, 4) is 0 Å². The fourth-order valence-corrected chi connectivity index (χ4v) is 3.15. The number of aryl methyl sites for hydroxylation is 1. The van der Waals surface area contributed by atoms with Gasteiger partial charge in [0.15, 0.2) is 0 Å². The molecule has 2 rings (SSSR count). The summed E-state index contributed by atoms with van der Waals surface area (Å²) in [5, 5.41) is 2.78. The van der Waals surface area contributed by atoms with Crippen LogP contribution in [0.3, 0.4) is 0 Å². The van der Waals surface area contributed by atoms with Crippen molar-refractivity contribution in [3.63, 3.8) is 0 Å². The summed E-state index contributed by atoms with van der Waals surface area (Å²) in [6, 6.07) is 5.01. The molecule has 0 aliphatic carbocycles. The number of rotatable bonds is 8. The summed E-state index contributed by atoms with van der Waals surface area (Å²) < 4.78 is 36.8. The molecule has 0 saturated carbocycles. The van der Waals surface area contributed by atoms with Crippen molar-refractivity contribution in [2.75, 3.05) is 29.0 Å². The van der Waals surface area contributed by atoms with E-state index < -0.39 is 16.1 Å². The molecule has 0 bridgehead atoms. The van der Waals surface area contributed by atoms with E-state index in [1.165, 1.54) is 0 Å². The van der Waals surface area contributed by atoms with Gasteiger partial charge in [-0.25, -0.2) is 8.42 Å². The average molecular weight is 370 g/mol. The first-order valence-electron chi connectivity index (χ1n) is 8.46. The molecule has 25 heavy (non-hydrogen) atoms. The molecule has 1 aliphatic heterocycles. The summed E-state index contributed by atoms with van der Waals surface area (Å²) in [6.45, 7) is 6.21. The van der Waals surface area contributed by atoms with Gasteiger partial charge in [0.1, 0.15) is 6.10 Å².